The number of benzene rings is 1. The molecule has 1 aromatic carbocycles. The predicted molar refractivity (Wildman–Crippen MR) is 52.2 cm³/mol. The molecular formula is C8H6N4OS. The molecule has 0 aliphatic carbocycles. The van der Waals surface area contributed by atoms with Gasteiger partial charge in [-0.05, 0) is 24.3 Å². The smallest absolute Gasteiger partial charge is 0.251 e. The van der Waals surface area contributed by atoms with Crippen LogP contribution in [0, 0.1) is 0 Å². The molecule has 0 spiro atoms. The number of phenolic OH excluding ortho intramolecular Hbond substituents is 1. The Hall–Kier alpha value is -1.82. The Kier molecular flexibility index (Phi) is 2.46. The van der Waals surface area contributed by atoms with E-state index in [0.717, 1.165) is 0 Å². The number of aromatic hydroxyl groups is 1. The van der Waals surface area contributed by atoms with Crippen molar-refractivity contribution in [2.45, 2.75) is 0 Å². The van der Waals surface area contributed by atoms with Crippen LogP contribution in [0.1, 0.15) is 0 Å². The molecule has 0 fully saturated rings. The average Bonchev–Trinajstić information content (AvgIpc) is 2.70. The van der Waals surface area contributed by atoms with Crippen LogP contribution in [-0.4, -0.2) is 15.3 Å². The summed E-state index contributed by atoms with van der Waals surface area (Å²) < 4.78 is 0. The van der Waals surface area contributed by atoms with Crippen molar-refractivity contribution in [3.05, 3.63) is 29.8 Å². The molecule has 1 heterocycles. The van der Waals surface area contributed by atoms with Gasteiger partial charge in [-0.2, -0.15) is 0 Å². The Balaban J connectivity index is 2.15. The van der Waals surface area contributed by atoms with Crippen molar-refractivity contribution in [1.29, 1.82) is 0 Å². The van der Waals surface area contributed by atoms with Crippen LogP contribution >= 0.6 is 11.3 Å². The Morgan fingerprint density at radius 1 is 1.14 bits per heavy atom. The lowest BCUT2D eigenvalue weighted by atomic mass is 10.3. The van der Waals surface area contributed by atoms with E-state index in [1.165, 1.54) is 11.3 Å². The second-order valence-electron chi connectivity index (χ2n) is 2.44. The maximum absolute atomic E-state index is 9.02. The highest BCUT2D eigenvalue weighted by Gasteiger charge is 1.93. The van der Waals surface area contributed by atoms with E-state index in [4.69, 9.17) is 5.11 Å². The zero-order valence-corrected chi connectivity index (χ0v) is 7.85. The number of azo groups is 1. The molecule has 1 aromatic heterocycles. The molecule has 0 saturated carbocycles. The summed E-state index contributed by atoms with van der Waals surface area (Å²) in [4.78, 5) is 0. The van der Waals surface area contributed by atoms with Gasteiger partial charge in [0.2, 0.25) is 0 Å². The molecule has 0 atom stereocenters. The largest absolute Gasteiger partial charge is 0.508 e. The molecular weight excluding hydrogens is 200 g/mol. The Bertz CT molecular complexity index is 423. The first-order valence-electron chi connectivity index (χ1n) is 3.81. The second kappa shape index (κ2) is 3.93. The fourth-order valence-corrected chi connectivity index (χ4v) is 1.20. The number of hydrogen-bond acceptors (Lipinski definition) is 6. The van der Waals surface area contributed by atoms with Crippen molar-refractivity contribution in [3.8, 4) is 5.75 Å². The highest BCUT2D eigenvalue weighted by molar-refractivity contribution is 7.13. The fourth-order valence-electron chi connectivity index (χ4n) is 0.831. The summed E-state index contributed by atoms with van der Waals surface area (Å²) in [5.41, 5.74) is 2.25. The Labute approximate surface area is 83.8 Å². The third-order valence-corrected chi connectivity index (χ3v) is 2.02. The molecule has 0 unspecified atom stereocenters. The minimum absolute atomic E-state index is 0.208. The first-order valence-corrected chi connectivity index (χ1v) is 4.69. The van der Waals surface area contributed by atoms with Crippen LogP contribution < -0.4 is 0 Å². The highest BCUT2D eigenvalue weighted by Crippen LogP contribution is 2.20. The molecule has 2 rings (SSSR count). The number of hydrogen-bond donors (Lipinski definition) is 1. The summed E-state index contributed by atoms with van der Waals surface area (Å²) in [6, 6.07) is 6.43. The Morgan fingerprint density at radius 3 is 2.57 bits per heavy atom. The van der Waals surface area contributed by atoms with E-state index in [1.54, 1.807) is 29.8 Å². The maximum Gasteiger partial charge on any atom is 0.251 e. The molecule has 1 N–H and O–H groups in total. The molecule has 0 radical (unpaired) electrons. The van der Waals surface area contributed by atoms with Crippen molar-refractivity contribution < 1.29 is 5.11 Å². The molecule has 0 bridgehead atoms. The van der Waals surface area contributed by atoms with Gasteiger partial charge in [-0.1, -0.05) is 11.3 Å². The first-order chi connectivity index (χ1) is 6.84. The summed E-state index contributed by atoms with van der Waals surface area (Å²) in [6.07, 6.45) is 0. The number of rotatable bonds is 2. The standard InChI is InChI=1S/C8H6N4OS/c13-7-3-1-6(2-4-7)10-12-8-11-9-5-14-8/h1-5,13H. The van der Waals surface area contributed by atoms with Gasteiger partial charge in [-0.15, -0.1) is 20.4 Å². The van der Waals surface area contributed by atoms with Gasteiger partial charge in [0, 0.05) is 0 Å². The quantitative estimate of drug-likeness (QED) is 0.768. The van der Waals surface area contributed by atoms with Crippen LogP contribution in [0.2, 0.25) is 0 Å². The van der Waals surface area contributed by atoms with E-state index in [-0.39, 0.29) is 5.75 Å². The molecule has 5 nitrogen and oxygen atoms in total. The van der Waals surface area contributed by atoms with Crippen molar-refractivity contribution in [1.82, 2.24) is 10.2 Å². The molecule has 0 amide bonds. The zero-order valence-electron chi connectivity index (χ0n) is 7.03. The number of phenols is 1. The lowest BCUT2D eigenvalue weighted by Gasteiger charge is -1.91. The molecule has 2 aromatic rings. The fraction of sp³-hybridized carbons (Fsp3) is 0. The van der Waals surface area contributed by atoms with E-state index in [9.17, 15) is 0 Å². The first kappa shape index (κ1) is 8.76. The topological polar surface area (TPSA) is 70.7 Å². The SMILES string of the molecule is Oc1ccc(N=Nc2nncs2)cc1. The minimum atomic E-state index is 0.208. The van der Waals surface area contributed by atoms with Gasteiger partial charge in [-0.25, -0.2) is 0 Å². The summed E-state index contributed by atoms with van der Waals surface area (Å²) in [7, 11) is 0. The lowest BCUT2D eigenvalue weighted by molar-refractivity contribution is 0.475. The second-order valence-corrected chi connectivity index (χ2v) is 3.25. The van der Waals surface area contributed by atoms with Crippen LogP contribution in [0.15, 0.2) is 40.0 Å². The highest BCUT2D eigenvalue weighted by atomic mass is 32.1. The Morgan fingerprint density at radius 2 is 1.93 bits per heavy atom. The minimum Gasteiger partial charge on any atom is -0.508 e. The lowest BCUT2D eigenvalue weighted by Crippen LogP contribution is -1.65. The molecule has 0 saturated heterocycles. The molecule has 14 heavy (non-hydrogen) atoms. The van der Waals surface area contributed by atoms with Crippen LogP contribution in [0.3, 0.4) is 0 Å². The van der Waals surface area contributed by atoms with Gasteiger partial charge >= 0.3 is 0 Å². The van der Waals surface area contributed by atoms with Crippen molar-refractivity contribution in [3.63, 3.8) is 0 Å². The van der Waals surface area contributed by atoms with Gasteiger partial charge in [0.05, 0.1) is 5.69 Å². The third kappa shape index (κ3) is 2.11. The number of aromatic nitrogens is 2. The van der Waals surface area contributed by atoms with Gasteiger partial charge in [0.25, 0.3) is 5.13 Å². The maximum atomic E-state index is 9.02. The van der Waals surface area contributed by atoms with Gasteiger partial charge in [-0.3, -0.25) is 0 Å². The molecule has 6 heteroatoms. The summed E-state index contributed by atoms with van der Waals surface area (Å²) in [6.45, 7) is 0. The summed E-state index contributed by atoms with van der Waals surface area (Å²) >= 11 is 1.31. The van der Waals surface area contributed by atoms with Crippen molar-refractivity contribution >= 4 is 22.2 Å². The van der Waals surface area contributed by atoms with Gasteiger partial charge < -0.3 is 5.11 Å². The van der Waals surface area contributed by atoms with Gasteiger partial charge in [0.15, 0.2) is 0 Å². The van der Waals surface area contributed by atoms with Crippen LogP contribution in [-0.2, 0) is 0 Å². The molecule has 70 valence electrons. The van der Waals surface area contributed by atoms with Gasteiger partial charge in [0.1, 0.15) is 11.3 Å². The molecule has 0 aliphatic heterocycles. The van der Waals surface area contributed by atoms with E-state index >= 15 is 0 Å². The predicted octanol–water partition coefficient (Wildman–Crippen LogP) is 2.66. The van der Waals surface area contributed by atoms with Crippen molar-refractivity contribution in [2.75, 3.05) is 0 Å². The van der Waals surface area contributed by atoms with Crippen molar-refractivity contribution in [2.24, 2.45) is 10.2 Å². The normalized spacial score (nSPS) is 10.9. The zero-order chi connectivity index (χ0) is 9.80. The van der Waals surface area contributed by atoms with Crippen LogP contribution in [0.25, 0.3) is 0 Å². The summed E-state index contributed by atoms with van der Waals surface area (Å²) in [5.74, 6) is 0.208. The van der Waals surface area contributed by atoms with Crippen LogP contribution in [0.4, 0.5) is 10.8 Å². The monoisotopic (exact) mass is 206 g/mol. The van der Waals surface area contributed by atoms with Crippen LogP contribution in [0.5, 0.6) is 5.75 Å². The van der Waals surface area contributed by atoms with E-state index < -0.39 is 0 Å². The third-order valence-electron chi connectivity index (χ3n) is 1.45. The van der Waals surface area contributed by atoms with E-state index in [0.29, 0.717) is 10.8 Å². The summed E-state index contributed by atoms with van der Waals surface area (Å²) in [5, 5.41) is 24.6. The van der Waals surface area contributed by atoms with E-state index in [2.05, 4.69) is 20.4 Å². The number of nitrogens with zero attached hydrogens (tertiary/aromatic N) is 4. The molecule has 0 aliphatic rings. The average molecular weight is 206 g/mol. The van der Waals surface area contributed by atoms with E-state index in [1.807, 2.05) is 0 Å².